The number of aromatic hydroxyl groups is 1. The van der Waals surface area contributed by atoms with Gasteiger partial charge in [-0.2, -0.15) is 5.10 Å². The number of hydrogen-bond donors (Lipinski definition) is 3. The summed E-state index contributed by atoms with van der Waals surface area (Å²) in [4.78, 5) is 14.3. The maximum absolute atomic E-state index is 14.4. The first-order valence-electron chi connectivity index (χ1n) is 9.40. The second-order valence-electron chi connectivity index (χ2n) is 7.07. The summed E-state index contributed by atoms with van der Waals surface area (Å²) in [5, 5.41) is 19.1. The van der Waals surface area contributed by atoms with Crippen molar-refractivity contribution in [3.05, 3.63) is 53.4 Å². The number of phenolic OH excluding ortho intramolecular Hbond substituents is 1. The molecule has 0 fully saturated rings. The highest BCUT2D eigenvalue weighted by molar-refractivity contribution is 6.32. The lowest BCUT2D eigenvalue weighted by Gasteiger charge is -2.16. The average Bonchev–Trinajstić information content (AvgIpc) is 3.03. The van der Waals surface area contributed by atoms with E-state index in [2.05, 4.69) is 15.7 Å². The van der Waals surface area contributed by atoms with E-state index >= 15 is 0 Å². The monoisotopic (exact) mass is 447 g/mol. The number of hydrogen-bond acceptors (Lipinski definition) is 5. The summed E-state index contributed by atoms with van der Waals surface area (Å²) in [6, 6.07) is 8.75. The van der Waals surface area contributed by atoms with E-state index in [1.54, 1.807) is 31.3 Å². The van der Waals surface area contributed by atoms with Gasteiger partial charge in [-0.1, -0.05) is 11.6 Å². The van der Waals surface area contributed by atoms with Gasteiger partial charge in [0.15, 0.2) is 5.82 Å². The van der Waals surface area contributed by atoms with Gasteiger partial charge >= 0.3 is 6.03 Å². The zero-order valence-corrected chi connectivity index (χ0v) is 18.1. The standard InChI is InChI=1S/C21H23ClFN5O3/c1-27(2)8-9-31-19-7-5-13(10-15(19)20-17(23)12-24-28(20)3)25-21(30)26-14-4-6-16(22)18(29)11-14/h4-7,10-12,29H,8-9H2,1-3H3,(H2,25,26,30). The van der Waals surface area contributed by atoms with Crippen molar-refractivity contribution < 1.29 is 19.0 Å². The van der Waals surface area contributed by atoms with Crippen molar-refractivity contribution in [2.75, 3.05) is 37.9 Å². The van der Waals surface area contributed by atoms with Crippen molar-refractivity contribution in [3.63, 3.8) is 0 Å². The van der Waals surface area contributed by atoms with Crippen molar-refractivity contribution in [2.24, 2.45) is 7.05 Å². The van der Waals surface area contributed by atoms with Crippen molar-refractivity contribution in [1.82, 2.24) is 14.7 Å². The first-order valence-corrected chi connectivity index (χ1v) is 9.78. The van der Waals surface area contributed by atoms with Crippen LogP contribution in [-0.4, -0.2) is 53.1 Å². The molecule has 0 aliphatic carbocycles. The Morgan fingerprint density at radius 1 is 1.23 bits per heavy atom. The molecule has 0 unspecified atom stereocenters. The fraction of sp³-hybridized carbons (Fsp3) is 0.238. The third kappa shape index (κ3) is 5.65. The molecule has 3 aromatic rings. The van der Waals surface area contributed by atoms with E-state index in [1.807, 2.05) is 19.0 Å². The second-order valence-corrected chi connectivity index (χ2v) is 7.48. The van der Waals surface area contributed by atoms with Crippen LogP contribution in [-0.2, 0) is 7.05 Å². The molecular formula is C21H23ClFN5O3. The maximum atomic E-state index is 14.4. The largest absolute Gasteiger partial charge is 0.506 e. The van der Waals surface area contributed by atoms with Gasteiger partial charge in [-0.3, -0.25) is 4.68 Å². The molecule has 0 aliphatic rings. The van der Waals surface area contributed by atoms with E-state index in [9.17, 15) is 14.3 Å². The number of ether oxygens (including phenoxy) is 1. The van der Waals surface area contributed by atoms with Crippen LogP contribution in [0, 0.1) is 5.82 Å². The van der Waals surface area contributed by atoms with Gasteiger partial charge in [0.25, 0.3) is 0 Å². The first-order chi connectivity index (χ1) is 14.7. The molecule has 0 bridgehead atoms. The van der Waals surface area contributed by atoms with Crippen LogP contribution in [0.25, 0.3) is 11.3 Å². The van der Waals surface area contributed by atoms with Gasteiger partial charge in [-0.05, 0) is 44.4 Å². The van der Waals surface area contributed by atoms with E-state index in [1.165, 1.54) is 16.8 Å². The molecule has 0 spiro atoms. The Labute approximate surface area is 184 Å². The second kappa shape index (κ2) is 9.67. The zero-order valence-electron chi connectivity index (χ0n) is 17.3. The summed E-state index contributed by atoms with van der Waals surface area (Å²) >= 11 is 5.78. The van der Waals surface area contributed by atoms with Crippen LogP contribution < -0.4 is 15.4 Å². The lowest BCUT2D eigenvalue weighted by molar-refractivity contribution is 0.261. The summed E-state index contributed by atoms with van der Waals surface area (Å²) in [7, 11) is 5.48. The third-order valence-electron chi connectivity index (χ3n) is 4.39. The summed E-state index contributed by atoms with van der Waals surface area (Å²) < 4.78 is 21.6. The van der Waals surface area contributed by atoms with Gasteiger partial charge in [0.2, 0.25) is 0 Å². The highest BCUT2D eigenvalue weighted by Crippen LogP contribution is 2.34. The Bertz CT molecular complexity index is 1070. The minimum absolute atomic E-state index is 0.146. The number of aryl methyl sites for hydroxylation is 1. The summed E-state index contributed by atoms with van der Waals surface area (Å²) in [6.07, 6.45) is 1.12. The smallest absolute Gasteiger partial charge is 0.323 e. The van der Waals surface area contributed by atoms with Gasteiger partial charge in [-0.25, -0.2) is 9.18 Å². The van der Waals surface area contributed by atoms with Gasteiger partial charge in [0.05, 0.1) is 11.2 Å². The summed E-state index contributed by atoms with van der Waals surface area (Å²) in [5.74, 6) is -0.177. The number of nitrogens with zero attached hydrogens (tertiary/aromatic N) is 3. The van der Waals surface area contributed by atoms with E-state index in [0.717, 1.165) is 6.20 Å². The molecule has 2 aromatic carbocycles. The van der Waals surface area contributed by atoms with Gasteiger partial charge in [0, 0.05) is 36.6 Å². The number of carbonyl (C=O) groups is 1. The summed E-state index contributed by atoms with van der Waals surface area (Å²) in [5.41, 5.74) is 1.48. The normalized spacial score (nSPS) is 10.9. The molecule has 164 valence electrons. The number of aromatic nitrogens is 2. The SMILES string of the molecule is CN(C)CCOc1ccc(NC(=O)Nc2ccc(Cl)c(O)c2)cc1-c1c(F)cnn1C. The minimum Gasteiger partial charge on any atom is -0.506 e. The average molecular weight is 448 g/mol. The van der Waals surface area contributed by atoms with Crippen LogP contribution in [0.2, 0.25) is 5.02 Å². The number of benzene rings is 2. The van der Waals surface area contributed by atoms with Crippen LogP contribution in [0.4, 0.5) is 20.6 Å². The first kappa shape index (κ1) is 22.4. The minimum atomic E-state index is -0.542. The van der Waals surface area contributed by atoms with Gasteiger partial charge in [-0.15, -0.1) is 0 Å². The van der Waals surface area contributed by atoms with Crippen LogP contribution in [0.15, 0.2) is 42.6 Å². The Morgan fingerprint density at radius 2 is 1.90 bits per heavy atom. The number of halogens is 2. The molecule has 0 aliphatic heterocycles. The quantitative estimate of drug-likeness (QED) is 0.505. The Hall–Kier alpha value is -3.30. The Balaban J connectivity index is 1.83. The van der Waals surface area contributed by atoms with Crippen LogP contribution in [0.5, 0.6) is 11.5 Å². The molecule has 0 saturated carbocycles. The predicted molar refractivity (Wildman–Crippen MR) is 118 cm³/mol. The predicted octanol–water partition coefficient (Wildman–Crippen LogP) is 4.17. The van der Waals surface area contributed by atoms with E-state index in [0.29, 0.717) is 35.8 Å². The van der Waals surface area contributed by atoms with Crippen molar-refractivity contribution in [2.45, 2.75) is 0 Å². The number of phenols is 1. The van der Waals surface area contributed by atoms with E-state index in [4.69, 9.17) is 16.3 Å². The topological polar surface area (TPSA) is 91.7 Å². The summed E-state index contributed by atoms with van der Waals surface area (Å²) in [6.45, 7) is 1.09. The van der Waals surface area contributed by atoms with Gasteiger partial charge in [0.1, 0.15) is 23.8 Å². The zero-order chi connectivity index (χ0) is 22.5. The molecule has 0 atom stereocenters. The maximum Gasteiger partial charge on any atom is 0.323 e. The Kier molecular flexibility index (Phi) is 6.98. The van der Waals surface area contributed by atoms with Crippen LogP contribution in [0.1, 0.15) is 0 Å². The number of urea groups is 1. The number of amides is 2. The number of likely N-dealkylation sites (N-methyl/N-ethyl adjacent to an activating group) is 1. The van der Waals surface area contributed by atoms with Crippen molar-refractivity contribution >= 4 is 29.0 Å². The van der Waals surface area contributed by atoms with Gasteiger partial charge < -0.3 is 25.4 Å². The van der Waals surface area contributed by atoms with Crippen LogP contribution in [0.3, 0.4) is 0 Å². The number of anilines is 2. The van der Waals surface area contributed by atoms with E-state index < -0.39 is 11.8 Å². The molecule has 2 amide bonds. The fourth-order valence-electron chi connectivity index (χ4n) is 2.85. The van der Waals surface area contributed by atoms with Crippen molar-refractivity contribution in [3.8, 4) is 22.8 Å². The third-order valence-corrected chi connectivity index (χ3v) is 4.71. The number of carbonyl (C=O) groups excluding carboxylic acids is 1. The molecule has 0 saturated heterocycles. The lowest BCUT2D eigenvalue weighted by Crippen LogP contribution is -2.20. The molecule has 1 aromatic heterocycles. The van der Waals surface area contributed by atoms with E-state index in [-0.39, 0.29) is 16.5 Å². The lowest BCUT2D eigenvalue weighted by atomic mass is 10.1. The van der Waals surface area contributed by atoms with Crippen molar-refractivity contribution in [1.29, 1.82) is 0 Å². The highest BCUT2D eigenvalue weighted by Gasteiger charge is 2.17. The molecule has 3 N–H and O–H groups in total. The molecule has 8 nitrogen and oxygen atoms in total. The molecule has 0 radical (unpaired) electrons. The van der Waals surface area contributed by atoms with Crippen LogP contribution >= 0.6 is 11.6 Å². The molecule has 1 heterocycles. The molecule has 3 rings (SSSR count). The Morgan fingerprint density at radius 3 is 2.52 bits per heavy atom. The number of nitrogens with one attached hydrogen (secondary N) is 2. The molecule has 31 heavy (non-hydrogen) atoms. The highest BCUT2D eigenvalue weighted by atomic mass is 35.5. The molecule has 10 heteroatoms. The number of rotatable bonds is 7. The molecular weight excluding hydrogens is 425 g/mol. The fourth-order valence-corrected chi connectivity index (χ4v) is 2.97.